The molecule has 0 aliphatic carbocycles. The van der Waals surface area contributed by atoms with Crippen LogP contribution in [0.1, 0.15) is 157 Å². The quantitative estimate of drug-likeness (QED) is 0.0297. The van der Waals surface area contributed by atoms with Crippen molar-refractivity contribution in [3.05, 3.63) is 176 Å². The Balaban J connectivity index is 0.987. The number of carboxylic acid groups (broad SMARTS) is 2. The van der Waals surface area contributed by atoms with Crippen molar-refractivity contribution in [1.82, 2.24) is 26.6 Å². The molecular weight excluding hydrogens is 1770 g/mol. The van der Waals surface area contributed by atoms with Gasteiger partial charge in [-0.2, -0.15) is 0 Å². The molecule has 19 unspecified atom stereocenters. The van der Waals surface area contributed by atoms with Crippen molar-refractivity contribution in [3.63, 3.8) is 0 Å². The third-order valence-electron chi connectivity index (χ3n) is 24.5. The molecule has 8 heterocycles. The van der Waals surface area contributed by atoms with E-state index >= 15 is 24.0 Å². The molecule has 8 aliphatic rings. The SMILES string of the molecule is CC[C@H](CC(C)C)C(=O)N[C@@H]1C(=O)CC(CC(N)=O)C(=O)NC2C(=O)CC3C(=O)N[C@H](C(=O)NC(C(=O)O)c4cc(O)cc(O)c4-c4cc3ccc4O)[C@H](OC3CC(C)(N)C(O)C(C)O3)c3ccc(c(Cl)c3)Oc3cc2cc(c3OC2OC(CO)C(O)C(O)C2OC2CC(C)(NCC(OCc3ccc(-c4ccc(Cl)cc4)cc3)C(=O)O)C(O)C(C)O2)Oc2ccc(cc2Cl)C1O. The molecule has 5 amide bonds. The smallest absolute Gasteiger partial charge is 0.334 e. The molecule has 131 heavy (non-hydrogen) atoms. The Hall–Kier alpha value is -10.7. The molecule has 0 saturated carbocycles. The van der Waals surface area contributed by atoms with Gasteiger partial charge in [0.05, 0.1) is 59.5 Å². The van der Waals surface area contributed by atoms with Crippen molar-refractivity contribution in [2.24, 2.45) is 29.2 Å². The number of rotatable bonds is 23. The largest absolute Gasteiger partial charge is 0.508 e. The Morgan fingerprint density at radius 1 is 0.656 bits per heavy atom. The number of phenolic OH excluding ortho intramolecular Hbond substituents is 3. The van der Waals surface area contributed by atoms with E-state index in [2.05, 4.69) is 26.6 Å². The number of aliphatic carboxylic acids is 2. The normalized spacial score (nSPS) is 29.3. The number of carboxylic acids is 2. The average Bonchev–Trinajstić information content (AvgIpc) is 0.763. The van der Waals surface area contributed by atoms with Crippen molar-refractivity contribution >= 4 is 87.8 Å². The molecule has 11 bridgehead atoms. The molecule has 3 fully saturated rings. The molecule has 20 N–H and O–H groups in total. The summed E-state index contributed by atoms with van der Waals surface area (Å²) in [4.78, 5) is 135. The summed E-state index contributed by atoms with van der Waals surface area (Å²) in [5, 5.41) is 141. The number of fused-ring (bicyclic) bond motifs is 15. The van der Waals surface area contributed by atoms with Gasteiger partial charge in [0.15, 0.2) is 53.9 Å². The summed E-state index contributed by atoms with van der Waals surface area (Å²) < 4.78 is 58.8. The number of ketones is 2. The van der Waals surface area contributed by atoms with Crippen molar-refractivity contribution in [1.29, 1.82) is 0 Å². The maximum atomic E-state index is 16.7. The van der Waals surface area contributed by atoms with E-state index in [0.717, 1.165) is 53.6 Å². The number of hydrogen-bond acceptors (Lipinski definition) is 29. The lowest BCUT2D eigenvalue weighted by Gasteiger charge is -2.48. The van der Waals surface area contributed by atoms with Crippen molar-refractivity contribution < 1.29 is 142 Å². The summed E-state index contributed by atoms with van der Waals surface area (Å²) in [5.74, 6) is -21.1. The number of nitrogens with one attached hydrogen (secondary N) is 5. The first-order chi connectivity index (χ1) is 62.0. The van der Waals surface area contributed by atoms with Gasteiger partial charge in [0, 0.05) is 83.4 Å². The lowest BCUT2D eigenvalue weighted by molar-refractivity contribution is -0.334. The molecule has 3 saturated heterocycles. The Labute approximate surface area is 766 Å². The van der Waals surface area contributed by atoms with E-state index in [9.17, 15) is 75.3 Å². The molecule has 0 spiro atoms. The van der Waals surface area contributed by atoms with Crippen molar-refractivity contribution in [2.45, 2.75) is 227 Å². The van der Waals surface area contributed by atoms with Gasteiger partial charge in [-0.3, -0.25) is 33.6 Å². The number of Topliss-reactive ketones (excluding diaryl/α,β-unsaturated/α-hetero) is 2. The highest BCUT2D eigenvalue weighted by Crippen LogP contribution is 2.51. The minimum absolute atomic E-state index is 0.0534. The highest BCUT2D eigenvalue weighted by atomic mass is 35.5. The van der Waals surface area contributed by atoms with Crippen molar-refractivity contribution in [2.75, 3.05) is 13.2 Å². The zero-order chi connectivity index (χ0) is 94.8. The summed E-state index contributed by atoms with van der Waals surface area (Å²) in [7, 11) is 0. The molecule has 7 aromatic rings. The molecular formula is C92H104Cl3N7O29. The molecule has 0 aromatic heterocycles. The minimum atomic E-state index is -2.30. The monoisotopic (exact) mass is 1880 g/mol. The van der Waals surface area contributed by atoms with E-state index in [1.54, 1.807) is 31.2 Å². The van der Waals surface area contributed by atoms with E-state index < -0.39 is 292 Å². The second kappa shape index (κ2) is 40.8. The fourth-order valence-electron chi connectivity index (χ4n) is 17.3. The third kappa shape index (κ3) is 22.0. The van der Waals surface area contributed by atoms with E-state index in [-0.39, 0.29) is 59.2 Å². The summed E-state index contributed by atoms with van der Waals surface area (Å²) in [5.41, 5.74) is 9.37. The number of aromatic hydroxyl groups is 3. The second-order valence-electron chi connectivity index (χ2n) is 34.7. The van der Waals surface area contributed by atoms with Gasteiger partial charge in [-0.05, 0) is 152 Å². The van der Waals surface area contributed by atoms with Crippen LogP contribution in [0.3, 0.4) is 0 Å². The standard InChI is InChI=1S/C92H104Cl3N7O29/c1-8-43(23-39(2)3)84(115)101-74-60(107)27-50(30-68(96)109)85(116)99-72-49-28-64(126-62-21-16-47(76(74)110)25-56(62)94)80(131-90-81(78(112)77(111)67(37-103)128-90)130-70-35-92(7,83(114)41(5)125-70)98-36-66(88(119)120)123-38-42-9-11-44(12-10-42)45-13-18-51(93)19-14-45)65(29-49)127-63-22-17-48(26-57(63)95)79(129-69-34-91(6,97)82(113)40(4)124-69)75-87(118)100-73(89(121)122)55-31-52(104)32-59(106)71(55)54-24-46(15-20-58(54)105)53(33-61(72)108)86(117)102-75/h9-22,24-26,28-29,31-32,39-41,43,50,53,66-67,69-70,72-79,81-83,90,98,103-106,110-114H,8,23,27,30,33-38,97H2,1-7H3,(H2,96,109)(H,99,116)(H,100,118)(H,101,115)(H,102,117)(H,119,120)(H,121,122)/t40?,41?,43-,50?,53?,66?,67?,69?,70?,72?,73?,74-,75+,76?,77?,78?,79-,81?,82?,83?,90?,91?,92?/m1/s1. The summed E-state index contributed by atoms with van der Waals surface area (Å²) >= 11 is 20.8. The first kappa shape index (κ1) is 97.8. The van der Waals surface area contributed by atoms with Crippen LogP contribution in [-0.2, 0) is 78.2 Å². The lowest BCUT2D eigenvalue weighted by Crippen LogP contribution is -2.66. The molecule has 36 nitrogen and oxygen atoms in total. The van der Waals surface area contributed by atoms with Crippen molar-refractivity contribution in [3.8, 4) is 68.2 Å². The van der Waals surface area contributed by atoms with Crippen LogP contribution in [0.15, 0.2) is 127 Å². The van der Waals surface area contributed by atoms with Crippen LogP contribution in [0, 0.1) is 17.8 Å². The Kier molecular flexibility index (Phi) is 30.4. The number of hydrogen-bond donors (Lipinski definition) is 18. The topological polar surface area (TPSA) is 571 Å². The van der Waals surface area contributed by atoms with Gasteiger partial charge in [-0.15, -0.1) is 0 Å². The van der Waals surface area contributed by atoms with Crippen LogP contribution < -0.4 is 52.3 Å². The number of aliphatic hydroxyl groups excluding tert-OH is 6. The van der Waals surface area contributed by atoms with Gasteiger partial charge in [0.25, 0.3) is 0 Å². The molecule has 7 aromatic carbocycles. The Bertz CT molecular complexity index is 5460. The van der Waals surface area contributed by atoms with Gasteiger partial charge < -0.3 is 137 Å². The molecule has 702 valence electrons. The van der Waals surface area contributed by atoms with Gasteiger partial charge in [-0.25, -0.2) is 9.59 Å². The maximum absolute atomic E-state index is 16.7. The number of nitrogens with two attached hydrogens (primary N) is 2. The van der Waals surface area contributed by atoms with Gasteiger partial charge in [0.1, 0.15) is 77.4 Å². The van der Waals surface area contributed by atoms with Crippen LogP contribution in [0.4, 0.5) is 0 Å². The predicted molar refractivity (Wildman–Crippen MR) is 466 cm³/mol. The van der Waals surface area contributed by atoms with Crippen LogP contribution in [0.5, 0.6) is 46.0 Å². The number of phenols is 3. The van der Waals surface area contributed by atoms with E-state index in [1.165, 1.54) is 64.1 Å². The van der Waals surface area contributed by atoms with Crippen LogP contribution in [0.2, 0.25) is 15.1 Å². The van der Waals surface area contributed by atoms with E-state index in [4.69, 9.17) is 88.9 Å². The van der Waals surface area contributed by atoms with Gasteiger partial charge in [0.2, 0.25) is 41.6 Å². The number of ether oxygens (including phenoxy) is 9. The molecule has 23 atom stereocenters. The average molecular weight is 1880 g/mol. The van der Waals surface area contributed by atoms with Gasteiger partial charge in [-0.1, -0.05) is 110 Å². The zero-order valence-corrected chi connectivity index (χ0v) is 74.2. The number of amides is 5. The fourth-order valence-corrected chi connectivity index (χ4v) is 17.9. The number of benzene rings is 7. The predicted octanol–water partition coefficient (Wildman–Crippen LogP) is 7.38. The second-order valence-corrected chi connectivity index (χ2v) is 36.0. The molecule has 0 radical (unpaired) electrons. The number of carbonyl (C=O) groups excluding carboxylic acids is 7. The summed E-state index contributed by atoms with van der Waals surface area (Å²) in [6, 6.07) is 20.0. The van der Waals surface area contributed by atoms with Gasteiger partial charge >= 0.3 is 11.9 Å². The zero-order valence-electron chi connectivity index (χ0n) is 72.0. The highest BCUT2D eigenvalue weighted by molar-refractivity contribution is 6.32. The molecule has 39 heteroatoms. The number of carbonyl (C=O) groups is 9. The third-order valence-corrected chi connectivity index (χ3v) is 25.3. The number of halogens is 3. The first-order valence-corrected chi connectivity index (χ1v) is 43.6. The highest BCUT2D eigenvalue weighted by Gasteiger charge is 2.54. The maximum Gasteiger partial charge on any atom is 0.334 e. The van der Waals surface area contributed by atoms with E-state index in [1.807, 2.05) is 38.1 Å². The molecule has 8 aliphatic heterocycles. The van der Waals surface area contributed by atoms with Crippen LogP contribution in [-0.4, -0.2) is 219 Å². The lowest BCUT2D eigenvalue weighted by atomic mass is 9.84. The number of primary amides is 1. The number of aliphatic hydroxyl groups is 6. The molecule has 15 rings (SSSR count). The van der Waals surface area contributed by atoms with Crippen LogP contribution >= 0.6 is 34.8 Å². The minimum Gasteiger partial charge on any atom is -0.508 e. The Morgan fingerprint density at radius 3 is 1.88 bits per heavy atom. The summed E-state index contributed by atoms with van der Waals surface area (Å²) in [6.45, 7) is 9.78. The van der Waals surface area contributed by atoms with E-state index in [0.29, 0.717) is 17.0 Å². The Morgan fingerprint density at radius 2 is 1.27 bits per heavy atom. The summed E-state index contributed by atoms with van der Waals surface area (Å²) in [6.07, 6.45) is -27.2. The van der Waals surface area contributed by atoms with Crippen LogP contribution in [0.25, 0.3) is 22.3 Å². The first-order valence-electron chi connectivity index (χ1n) is 42.5. The fraction of sp³-hybridized carbons (Fsp3) is 0.446.